The molecule has 0 fully saturated rings. The van der Waals surface area contributed by atoms with Gasteiger partial charge in [0.2, 0.25) is 0 Å². The lowest BCUT2D eigenvalue weighted by molar-refractivity contribution is 0.0529. The van der Waals surface area contributed by atoms with Crippen molar-refractivity contribution < 1.29 is 5.11 Å². The molecular formula is C10H16N2O. The third-order valence-electron chi connectivity index (χ3n) is 1.97. The number of aliphatic hydroxyl groups is 1. The third kappa shape index (κ3) is 3.53. The first kappa shape index (κ1) is 10.2. The fourth-order valence-corrected chi connectivity index (χ4v) is 1.29. The summed E-state index contributed by atoms with van der Waals surface area (Å²) in [5.41, 5.74) is 5.56. The molecule has 1 rings (SSSR count). The van der Waals surface area contributed by atoms with Gasteiger partial charge < -0.3 is 10.8 Å². The Bertz CT molecular complexity index is 246. The fourth-order valence-electron chi connectivity index (χ4n) is 1.29. The Hall–Kier alpha value is -0.930. The van der Waals surface area contributed by atoms with E-state index in [1.54, 1.807) is 13.1 Å². The third-order valence-corrected chi connectivity index (χ3v) is 1.97. The maximum Gasteiger partial charge on any atom is 0.0687 e. The van der Waals surface area contributed by atoms with E-state index in [2.05, 4.69) is 4.98 Å². The van der Waals surface area contributed by atoms with Gasteiger partial charge in [0.15, 0.2) is 0 Å². The number of pyridine rings is 1. The van der Waals surface area contributed by atoms with E-state index in [1.165, 1.54) is 0 Å². The molecule has 1 heterocycles. The van der Waals surface area contributed by atoms with Crippen LogP contribution in [0.3, 0.4) is 0 Å². The Balaban J connectivity index is 2.58. The van der Waals surface area contributed by atoms with Crippen LogP contribution in [0.2, 0.25) is 0 Å². The van der Waals surface area contributed by atoms with Crippen molar-refractivity contribution in [1.82, 2.24) is 4.98 Å². The van der Waals surface area contributed by atoms with Crippen molar-refractivity contribution in [3.63, 3.8) is 0 Å². The standard InChI is InChI=1S/C10H16N2O/c1-10(13,5-6-11)8-9-4-2-3-7-12-9/h2-4,7,13H,5-6,8,11H2,1H3. The minimum Gasteiger partial charge on any atom is -0.390 e. The van der Waals surface area contributed by atoms with Crippen LogP contribution in [0.1, 0.15) is 19.0 Å². The molecule has 1 atom stereocenters. The highest BCUT2D eigenvalue weighted by Crippen LogP contribution is 2.14. The SMILES string of the molecule is CC(O)(CCN)Cc1ccccn1. The predicted octanol–water partition coefficient (Wildman–Crippen LogP) is 0.724. The van der Waals surface area contributed by atoms with E-state index in [0.717, 1.165) is 5.69 Å². The van der Waals surface area contributed by atoms with E-state index < -0.39 is 5.60 Å². The summed E-state index contributed by atoms with van der Waals surface area (Å²) in [5.74, 6) is 0. The van der Waals surface area contributed by atoms with E-state index in [0.29, 0.717) is 19.4 Å². The summed E-state index contributed by atoms with van der Waals surface area (Å²) < 4.78 is 0. The van der Waals surface area contributed by atoms with Crippen LogP contribution in [0.5, 0.6) is 0 Å². The minimum absolute atomic E-state index is 0.500. The topological polar surface area (TPSA) is 59.1 Å². The maximum absolute atomic E-state index is 9.85. The summed E-state index contributed by atoms with van der Waals surface area (Å²) in [6, 6.07) is 5.69. The number of nitrogens with two attached hydrogens (primary N) is 1. The summed E-state index contributed by atoms with van der Waals surface area (Å²) in [6.45, 7) is 2.29. The normalized spacial score (nSPS) is 15.3. The van der Waals surface area contributed by atoms with Crippen LogP contribution >= 0.6 is 0 Å². The molecule has 0 aliphatic rings. The van der Waals surface area contributed by atoms with E-state index in [-0.39, 0.29) is 0 Å². The van der Waals surface area contributed by atoms with Crippen molar-refractivity contribution in [1.29, 1.82) is 0 Å². The van der Waals surface area contributed by atoms with Crippen molar-refractivity contribution in [2.45, 2.75) is 25.4 Å². The van der Waals surface area contributed by atoms with Crippen molar-refractivity contribution in [2.75, 3.05) is 6.54 Å². The summed E-state index contributed by atoms with van der Waals surface area (Å²) in [4.78, 5) is 4.15. The molecule has 0 aliphatic carbocycles. The van der Waals surface area contributed by atoms with Gasteiger partial charge in [-0.15, -0.1) is 0 Å². The van der Waals surface area contributed by atoms with Gasteiger partial charge in [-0.2, -0.15) is 0 Å². The monoisotopic (exact) mass is 180 g/mol. The second-order valence-electron chi connectivity index (χ2n) is 3.53. The molecule has 1 aromatic rings. The molecule has 3 nitrogen and oxygen atoms in total. The Labute approximate surface area is 78.6 Å². The highest BCUT2D eigenvalue weighted by Gasteiger charge is 2.19. The Kier molecular flexibility index (Phi) is 3.39. The average Bonchev–Trinajstić information content (AvgIpc) is 2.04. The van der Waals surface area contributed by atoms with Gasteiger partial charge in [0.1, 0.15) is 0 Å². The van der Waals surface area contributed by atoms with E-state index in [4.69, 9.17) is 5.73 Å². The first-order valence-electron chi connectivity index (χ1n) is 4.46. The van der Waals surface area contributed by atoms with Crippen molar-refractivity contribution in [3.8, 4) is 0 Å². The average molecular weight is 180 g/mol. The summed E-state index contributed by atoms with van der Waals surface area (Å²) >= 11 is 0. The Morgan fingerprint density at radius 3 is 2.85 bits per heavy atom. The molecule has 0 radical (unpaired) electrons. The van der Waals surface area contributed by atoms with Crippen LogP contribution in [0.25, 0.3) is 0 Å². The van der Waals surface area contributed by atoms with Crippen LogP contribution in [-0.2, 0) is 6.42 Å². The molecular weight excluding hydrogens is 164 g/mol. The van der Waals surface area contributed by atoms with Crippen LogP contribution < -0.4 is 5.73 Å². The van der Waals surface area contributed by atoms with Crippen LogP contribution in [-0.4, -0.2) is 22.2 Å². The van der Waals surface area contributed by atoms with E-state index >= 15 is 0 Å². The zero-order chi connectivity index (χ0) is 9.73. The van der Waals surface area contributed by atoms with Gasteiger partial charge in [0.25, 0.3) is 0 Å². The molecule has 0 saturated carbocycles. The first-order valence-corrected chi connectivity index (χ1v) is 4.46. The van der Waals surface area contributed by atoms with Gasteiger partial charge in [-0.3, -0.25) is 4.98 Å². The molecule has 0 amide bonds. The molecule has 0 spiro atoms. The summed E-state index contributed by atoms with van der Waals surface area (Å²) in [6.07, 6.45) is 2.89. The lowest BCUT2D eigenvalue weighted by Gasteiger charge is -2.21. The Morgan fingerprint density at radius 2 is 2.31 bits per heavy atom. The van der Waals surface area contributed by atoms with E-state index in [1.807, 2.05) is 18.2 Å². The molecule has 1 unspecified atom stereocenters. The number of aromatic nitrogens is 1. The lowest BCUT2D eigenvalue weighted by Crippen LogP contribution is -2.30. The molecule has 0 aromatic carbocycles. The number of nitrogens with zero attached hydrogens (tertiary/aromatic N) is 1. The second kappa shape index (κ2) is 4.35. The van der Waals surface area contributed by atoms with Crippen LogP contribution in [0.15, 0.2) is 24.4 Å². The van der Waals surface area contributed by atoms with Crippen LogP contribution in [0.4, 0.5) is 0 Å². The zero-order valence-corrected chi connectivity index (χ0v) is 7.90. The van der Waals surface area contributed by atoms with Gasteiger partial charge >= 0.3 is 0 Å². The van der Waals surface area contributed by atoms with Gasteiger partial charge in [0, 0.05) is 18.3 Å². The molecule has 72 valence electrons. The van der Waals surface area contributed by atoms with E-state index in [9.17, 15) is 5.11 Å². The maximum atomic E-state index is 9.85. The molecule has 1 aromatic heterocycles. The van der Waals surface area contributed by atoms with Gasteiger partial charge in [-0.25, -0.2) is 0 Å². The minimum atomic E-state index is -0.733. The van der Waals surface area contributed by atoms with Gasteiger partial charge in [-0.05, 0) is 32.0 Å². The van der Waals surface area contributed by atoms with Crippen molar-refractivity contribution in [2.24, 2.45) is 5.73 Å². The number of rotatable bonds is 4. The van der Waals surface area contributed by atoms with Gasteiger partial charge in [-0.1, -0.05) is 6.07 Å². The summed E-state index contributed by atoms with van der Waals surface area (Å²) in [5, 5.41) is 9.85. The second-order valence-corrected chi connectivity index (χ2v) is 3.53. The highest BCUT2D eigenvalue weighted by molar-refractivity contribution is 5.06. The quantitative estimate of drug-likeness (QED) is 0.718. The molecule has 13 heavy (non-hydrogen) atoms. The highest BCUT2D eigenvalue weighted by atomic mass is 16.3. The molecule has 0 aliphatic heterocycles. The molecule has 3 N–H and O–H groups in total. The molecule has 0 saturated heterocycles. The van der Waals surface area contributed by atoms with Crippen molar-refractivity contribution >= 4 is 0 Å². The number of hydrogen-bond acceptors (Lipinski definition) is 3. The largest absolute Gasteiger partial charge is 0.390 e. The van der Waals surface area contributed by atoms with Crippen molar-refractivity contribution in [3.05, 3.63) is 30.1 Å². The smallest absolute Gasteiger partial charge is 0.0687 e. The lowest BCUT2D eigenvalue weighted by atomic mass is 9.96. The Morgan fingerprint density at radius 1 is 1.54 bits per heavy atom. The fraction of sp³-hybridized carbons (Fsp3) is 0.500. The molecule has 3 heteroatoms. The number of hydrogen-bond donors (Lipinski definition) is 2. The first-order chi connectivity index (χ1) is 6.14. The van der Waals surface area contributed by atoms with Crippen LogP contribution in [0, 0.1) is 0 Å². The zero-order valence-electron chi connectivity index (χ0n) is 7.90. The summed E-state index contributed by atoms with van der Waals surface area (Å²) in [7, 11) is 0. The van der Waals surface area contributed by atoms with Gasteiger partial charge in [0.05, 0.1) is 5.60 Å². The predicted molar refractivity (Wildman–Crippen MR) is 52.2 cm³/mol. The molecule has 0 bridgehead atoms.